The van der Waals surface area contributed by atoms with Gasteiger partial charge >= 0.3 is 0 Å². The van der Waals surface area contributed by atoms with Crippen molar-refractivity contribution in [3.8, 4) is 0 Å². The van der Waals surface area contributed by atoms with E-state index in [4.69, 9.17) is 15.0 Å². The molecular weight excluding hydrogens is 242 g/mol. The van der Waals surface area contributed by atoms with Gasteiger partial charge in [-0.1, -0.05) is 17.7 Å². The molecule has 5 nitrogen and oxygen atoms in total. The molecule has 17 heavy (non-hydrogen) atoms. The molecule has 0 bridgehead atoms. The highest BCUT2D eigenvalue weighted by atomic mass is 32.2. The zero-order valence-electron chi connectivity index (χ0n) is 9.67. The van der Waals surface area contributed by atoms with Crippen LogP contribution in [0, 0.1) is 12.8 Å². The third-order valence-corrected chi connectivity index (χ3v) is 3.23. The molecule has 0 radical (unpaired) electrons. The average Bonchev–Trinajstić information content (AvgIpc) is 2.16. The maximum atomic E-state index is 10.5. The van der Waals surface area contributed by atoms with Gasteiger partial charge in [0.1, 0.15) is 0 Å². The Hall–Kier alpha value is -0.950. The lowest BCUT2D eigenvalue weighted by atomic mass is 10.1. The standard InChI is InChI=1S/C7H8O3S.C4H9NO/c1-6-2-4-7(5-3-6)11(8,9)10;5-1-4-2-6-3-4/h2-5H,1H3,(H,8,9,10);4H,1-3,5H2. The molecule has 0 amide bonds. The SMILES string of the molecule is Cc1ccc(S(=O)(=O)O)cc1.NCC1COC1. The lowest BCUT2D eigenvalue weighted by Gasteiger charge is -2.23. The summed E-state index contributed by atoms with van der Waals surface area (Å²) >= 11 is 0. The number of hydrogen-bond acceptors (Lipinski definition) is 4. The van der Waals surface area contributed by atoms with Crippen LogP contribution in [0.25, 0.3) is 0 Å². The van der Waals surface area contributed by atoms with Crippen LogP contribution in [0.5, 0.6) is 0 Å². The molecule has 0 aromatic heterocycles. The van der Waals surface area contributed by atoms with Crippen molar-refractivity contribution in [3.05, 3.63) is 29.8 Å². The van der Waals surface area contributed by atoms with Crippen LogP contribution < -0.4 is 5.73 Å². The van der Waals surface area contributed by atoms with Gasteiger partial charge in [0.15, 0.2) is 0 Å². The van der Waals surface area contributed by atoms with E-state index in [1.807, 2.05) is 6.92 Å². The van der Waals surface area contributed by atoms with Crippen LogP contribution in [-0.4, -0.2) is 32.7 Å². The van der Waals surface area contributed by atoms with E-state index >= 15 is 0 Å². The van der Waals surface area contributed by atoms with E-state index in [9.17, 15) is 8.42 Å². The Bertz CT molecular complexity index is 434. The van der Waals surface area contributed by atoms with Gasteiger partial charge in [-0.05, 0) is 25.6 Å². The first kappa shape index (κ1) is 14.1. The van der Waals surface area contributed by atoms with Crippen molar-refractivity contribution in [2.45, 2.75) is 11.8 Å². The molecule has 1 aromatic carbocycles. The van der Waals surface area contributed by atoms with Gasteiger partial charge in [0.2, 0.25) is 0 Å². The molecular formula is C11H17NO4S. The second-order valence-electron chi connectivity index (χ2n) is 3.93. The number of benzene rings is 1. The second-order valence-corrected chi connectivity index (χ2v) is 5.35. The highest BCUT2D eigenvalue weighted by molar-refractivity contribution is 7.85. The molecule has 2 rings (SSSR count). The third kappa shape index (κ3) is 4.82. The Kier molecular flexibility index (Phi) is 5.07. The fourth-order valence-corrected chi connectivity index (χ4v) is 1.61. The minimum absolute atomic E-state index is 0.0666. The number of rotatable bonds is 2. The zero-order valence-corrected chi connectivity index (χ0v) is 10.5. The molecule has 6 heteroatoms. The van der Waals surface area contributed by atoms with Crippen LogP contribution in [0.4, 0.5) is 0 Å². The molecule has 0 unspecified atom stereocenters. The van der Waals surface area contributed by atoms with E-state index in [0.717, 1.165) is 25.3 Å². The lowest BCUT2D eigenvalue weighted by Crippen LogP contribution is -2.33. The first-order chi connectivity index (χ1) is 7.93. The highest BCUT2D eigenvalue weighted by Crippen LogP contribution is 2.08. The van der Waals surface area contributed by atoms with Gasteiger partial charge in [-0.3, -0.25) is 4.55 Å². The van der Waals surface area contributed by atoms with Crippen molar-refractivity contribution >= 4 is 10.1 Å². The molecule has 1 saturated heterocycles. The Morgan fingerprint density at radius 3 is 2.12 bits per heavy atom. The summed E-state index contributed by atoms with van der Waals surface area (Å²) in [7, 11) is -4.02. The van der Waals surface area contributed by atoms with Crippen molar-refractivity contribution in [1.29, 1.82) is 0 Å². The fraction of sp³-hybridized carbons (Fsp3) is 0.455. The maximum Gasteiger partial charge on any atom is 0.294 e. The molecule has 1 aliphatic heterocycles. The van der Waals surface area contributed by atoms with Crippen LogP contribution in [0.1, 0.15) is 5.56 Å². The number of hydrogen-bond donors (Lipinski definition) is 2. The van der Waals surface area contributed by atoms with Gasteiger partial charge < -0.3 is 10.5 Å². The predicted octanol–water partition coefficient (Wildman–Crippen LogP) is 0.833. The largest absolute Gasteiger partial charge is 0.381 e. The number of aryl methyl sites for hydroxylation is 1. The molecule has 1 aliphatic rings. The average molecular weight is 259 g/mol. The molecule has 0 atom stereocenters. The van der Waals surface area contributed by atoms with Crippen molar-refractivity contribution < 1.29 is 17.7 Å². The van der Waals surface area contributed by atoms with Gasteiger partial charge in [0, 0.05) is 5.92 Å². The van der Waals surface area contributed by atoms with Crippen LogP contribution >= 0.6 is 0 Å². The number of ether oxygens (including phenoxy) is 1. The predicted molar refractivity (Wildman–Crippen MR) is 64.4 cm³/mol. The molecule has 3 N–H and O–H groups in total. The second kappa shape index (κ2) is 6.11. The van der Waals surface area contributed by atoms with Crippen molar-refractivity contribution in [1.82, 2.24) is 0 Å². The Morgan fingerprint density at radius 2 is 1.88 bits per heavy atom. The Labute approximate surface area is 101 Å². The van der Waals surface area contributed by atoms with Gasteiger partial charge in [-0.15, -0.1) is 0 Å². The summed E-state index contributed by atoms with van der Waals surface area (Å²) in [4.78, 5) is -0.0666. The quantitative estimate of drug-likeness (QED) is 0.768. The van der Waals surface area contributed by atoms with Gasteiger partial charge in [0.25, 0.3) is 10.1 Å². The topological polar surface area (TPSA) is 89.6 Å². The van der Waals surface area contributed by atoms with Crippen molar-refractivity contribution in [2.75, 3.05) is 19.8 Å². The van der Waals surface area contributed by atoms with Crippen LogP contribution in [0.3, 0.4) is 0 Å². The van der Waals surface area contributed by atoms with E-state index in [2.05, 4.69) is 0 Å². The van der Waals surface area contributed by atoms with E-state index in [-0.39, 0.29) is 4.90 Å². The zero-order chi connectivity index (χ0) is 12.9. The van der Waals surface area contributed by atoms with E-state index in [0.29, 0.717) is 5.92 Å². The summed E-state index contributed by atoms with van der Waals surface area (Å²) in [5.41, 5.74) is 6.21. The van der Waals surface area contributed by atoms with E-state index in [1.165, 1.54) is 12.1 Å². The van der Waals surface area contributed by atoms with Crippen molar-refractivity contribution in [2.24, 2.45) is 11.7 Å². The summed E-state index contributed by atoms with van der Waals surface area (Å²) in [5.74, 6) is 0.671. The number of nitrogens with two attached hydrogens (primary N) is 1. The first-order valence-electron chi connectivity index (χ1n) is 5.25. The molecule has 1 fully saturated rings. The maximum absolute atomic E-state index is 10.5. The minimum atomic E-state index is -4.02. The fourth-order valence-electron chi connectivity index (χ4n) is 1.13. The summed E-state index contributed by atoms with van der Waals surface area (Å²) in [6.45, 7) is 4.40. The molecule has 1 aromatic rings. The monoisotopic (exact) mass is 259 g/mol. The summed E-state index contributed by atoms with van der Waals surface area (Å²) < 4.78 is 34.4. The summed E-state index contributed by atoms with van der Waals surface area (Å²) in [6, 6.07) is 5.99. The highest BCUT2D eigenvalue weighted by Gasteiger charge is 2.14. The Morgan fingerprint density at radius 1 is 1.35 bits per heavy atom. The molecule has 96 valence electrons. The van der Waals surface area contributed by atoms with E-state index in [1.54, 1.807) is 12.1 Å². The van der Waals surface area contributed by atoms with Gasteiger partial charge in [-0.2, -0.15) is 8.42 Å². The first-order valence-corrected chi connectivity index (χ1v) is 6.69. The molecule has 1 heterocycles. The smallest absolute Gasteiger partial charge is 0.294 e. The molecule has 0 spiro atoms. The molecule has 0 saturated carbocycles. The van der Waals surface area contributed by atoms with Gasteiger partial charge in [-0.25, -0.2) is 0 Å². The normalized spacial score (nSPS) is 15.7. The third-order valence-electron chi connectivity index (χ3n) is 2.36. The lowest BCUT2D eigenvalue weighted by molar-refractivity contribution is -0.0268. The van der Waals surface area contributed by atoms with Crippen LogP contribution in [0.2, 0.25) is 0 Å². The minimum Gasteiger partial charge on any atom is -0.381 e. The van der Waals surface area contributed by atoms with E-state index < -0.39 is 10.1 Å². The van der Waals surface area contributed by atoms with Gasteiger partial charge in [0.05, 0.1) is 18.1 Å². The summed E-state index contributed by atoms with van der Waals surface area (Å²) in [5, 5.41) is 0. The van der Waals surface area contributed by atoms with Crippen LogP contribution in [0.15, 0.2) is 29.2 Å². The van der Waals surface area contributed by atoms with Crippen LogP contribution in [-0.2, 0) is 14.9 Å². The summed E-state index contributed by atoms with van der Waals surface area (Å²) in [6.07, 6.45) is 0. The Balaban J connectivity index is 0.000000202. The molecule has 0 aliphatic carbocycles. The van der Waals surface area contributed by atoms with Crippen molar-refractivity contribution in [3.63, 3.8) is 0 Å².